The summed E-state index contributed by atoms with van der Waals surface area (Å²) in [5.41, 5.74) is 0.738. The molecule has 0 aromatic heterocycles. The van der Waals surface area contributed by atoms with Crippen LogP contribution in [0.5, 0.6) is 0 Å². The molecule has 0 aliphatic rings. The zero-order chi connectivity index (χ0) is 14.3. The molecule has 20 heavy (non-hydrogen) atoms. The summed E-state index contributed by atoms with van der Waals surface area (Å²) < 4.78 is 11.6. The Balaban J connectivity index is 2.44. The maximum atomic E-state index is 11.6. The molecule has 0 heterocycles. The molecule has 0 aliphatic carbocycles. The van der Waals surface area contributed by atoms with Gasteiger partial charge >= 0.3 is 7.60 Å². The number of rotatable bonds is 2. The van der Waals surface area contributed by atoms with E-state index in [0.717, 1.165) is 27.1 Å². The number of aryl methyl sites for hydroxylation is 1. The van der Waals surface area contributed by atoms with Gasteiger partial charge in [-0.25, -0.2) is 0 Å². The number of benzene rings is 3. The molecule has 0 radical (unpaired) electrons. The lowest BCUT2D eigenvalue weighted by Crippen LogP contribution is -2.10. The van der Waals surface area contributed by atoms with Gasteiger partial charge in [0.2, 0.25) is 0 Å². The molecule has 0 saturated carbocycles. The van der Waals surface area contributed by atoms with Gasteiger partial charge in [0.05, 0.1) is 5.30 Å². The van der Waals surface area contributed by atoms with Crippen molar-refractivity contribution in [1.29, 1.82) is 0 Å². The topological polar surface area (TPSA) is 57.5 Å². The van der Waals surface area contributed by atoms with Crippen molar-refractivity contribution in [3.05, 3.63) is 54.1 Å². The van der Waals surface area contributed by atoms with Gasteiger partial charge in [0.15, 0.2) is 0 Å². The number of hydrogen-bond donors (Lipinski definition) is 2. The summed E-state index contributed by atoms with van der Waals surface area (Å²) in [5, 5.41) is 4.29. The summed E-state index contributed by atoms with van der Waals surface area (Å²) in [6, 6.07) is 15.4. The van der Waals surface area contributed by atoms with E-state index in [2.05, 4.69) is 6.07 Å². The van der Waals surface area contributed by atoms with Crippen LogP contribution in [-0.4, -0.2) is 9.79 Å². The van der Waals surface area contributed by atoms with Crippen molar-refractivity contribution in [3.8, 4) is 0 Å². The first-order valence-corrected chi connectivity index (χ1v) is 8.12. The molecule has 0 bridgehead atoms. The summed E-state index contributed by atoms with van der Waals surface area (Å²) >= 11 is 0. The van der Waals surface area contributed by atoms with Gasteiger partial charge in [-0.3, -0.25) is 4.57 Å². The third-order valence-electron chi connectivity index (χ3n) is 3.64. The molecule has 2 N–H and O–H groups in total. The Labute approximate surface area is 117 Å². The highest BCUT2D eigenvalue weighted by Gasteiger charge is 2.22. The third-order valence-corrected chi connectivity index (χ3v) is 4.69. The van der Waals surface area contributed by atoms with Gasteiger partial charge in [0.1, 0.15) is 0 Å². The van der Waals surface area contributed by atoms with E-state index in [1.807, 2.05) is 37.3 Å². The van der Waals surface area contributed by atoms with E-state index >= 15 is 0 Å². The second kappa shape index (κ2) is 4.71. The monoisotopic (exact) mass is 286 g/mol. The Bertz CT molecular complexity index is 849. The van der Waals surface area contributed by atoms with E-state index in [1.54, 1.807) is 12.1 Å². The second-order valence-corrected chi connectivity index (χ2v) is 6.45. The van der Waals surface area contributed by atoms with E-state index in [4.69, 9.17) is 0 Å². The second-order valence-electron chi connectivity index (χ2n) is 4.88. The smallest absolute Gasteiger partial charge is 0.321 e. The first-order valence-electron chi connectivity index (χ1n) is 6.51. The molecule has 0 amide bonds. The lowest BCUT2D eigenvalue weighted by atomic mass is 9.98. The molecule has 0 aliphatic heterocycles. The minimum Gasteiger partial charge on any atom is -0.321 e. The predicted molar refractivity (Wildman–Crippen MR) is 82.5 cm³/mol. The van der Waals surface area contributed by atoms with Gasteiger partial charge < -0.3 is 9.79 Å². The van der Waals surface area contributed by atoms with Crippen LogP contribution in [0.25, 0.3) is 21.5 Å². The lowest BCUT2D eigenvalue weighted by Gasteiger charge is -2.13. The van der Waals surface area contributed by atoms with Crippen LogP contribution in [0.4, 0.5) is 0 Å². The Morgan fingerprint density at radius 1 is 0.950 bits per heavy atom. The molecule has 4 heteroatoms. The van der Waals surface area contributed by atoms with Gasteiger partial charge in [0, 0.05) is 0 Å². The first-order chi connectivity index (χ1) is 9.50. The maximum Gasteiger partial charge on any atom is 0.356 e. The van der Waals surface area contributed by atoms with Crippen LogP contribution < -0.4 is 5.30 Å². The molecule has 0 atom stereocenters. The predicted octanol–water partition coefficient (Wildman–Crippen LogP) is 3.36. The van der Waals surface area contributed by atoms with Crippen molar-refractivity contribution < 1.29 is 14.4 Å². The van der Waals surface area contributed by atoms with E-state index in [9.17, 15) is 14.4 Å². The maximum absolute atomic E-state index is 11.6. The van der Waals surface area contributed by atoms with Crippen LogP contribution in [0.1, 0.15) is 12.5 Å². The number of hydrogen-bond acceptors (Lipinski definition) is 1. The van der Waals surface area contributed by atoms with Crippen molar-refractivity contribution in [2.45, 2.75) is 13.3 Å². The van der Waals surface area contributed by atoms with E-state index < -0.39 is 7.60 Å². The standard InChI is InChI=1S/C16H15O3P/c1-2-14-15-10-12-6-4-3-5-11(12)9-13(15)7-8-16(14)20(17,18)19/h3-10H,2H2,1H3,(H2,17,18,19). The fourth-order valence-electron chi connectivity index (χ4n) is 2.71. The van der Waals surface area contributed by atoms with Crippen LogP contribution in [-0.2, 0) is 11.0 Å². The summed E-state index contributed by atoms with van der Waals surface area (Å²) in [4.78, 5) is 19.0. The van der Waals surface area contributed by atoms with Crippen molar-refractivity contribution in [1.82, 2.24) is 0 Å². The molecule has 3 nitrogen and oxygen atoms in total. The molecule has 0 spiro atoms. The van der Waals surface area contributed by atoms with Crippen molar-refractivity contribution in [2.75, 3.05) is 0 Å². The Morgan fingerprint density at radius 3 is 2.20 bits per heavy atom. The summed E-state index contributed by atoms with van der Waals surface area (Å²) in [6.45, 7) is 1.92. The zero-order valence-corrected chi connectivity index (χ0v) is 12.0. The Morgan fingerprint density at radius 2 is 1.60 bits per heavy atom. The SMILES string of the molecule is CCc1c(P(=O)(O)O)ccc2cc3ccccc3cc12. The molecule has 0 fully saturated rings. The fraction of sp³-hybridized carbons (Fsp3) is 0.125. The van der Waals surface area contributed by atoms with Crippen molar-refractivity contribution in [3.63, 3.8) is 0 Å². The minimum atomic E-state index is -4.24. The zero-order valence-electron chi connectivity index (χ0n) is 11.1. The highest BCUT2D eigenvalue weighted by Crippen LogP contribution is 2.37. The molecule has 3 aromatic carbocycles. The van der Waals surface area contributed by atoms with Crippen LogP contribution >= 0.6 is 7.60 Å². The van der Waals surface area contributed by atoms with Crippen molar-refractivity contribution >= 4 is 34.4 Å². The van der Waals surface area contributed by atoms with Crippen LogP contribution in [0.2, 0.25) is 0 Å². The summed E-state index contributed by atoms with van der Waals surface area (Å²) in [5.74, 6) is 0. The van der Waals surface area contributed by atoms with Crippen LogP contribution in [0.15, 0.2) is 48.5 Å². The summed E-state index contributed by atoms with van der Waals surface area (Å²) in [6.07, 6.45) is 0.593. The van der Waals surface area contributed by atoms with Gasteiger partial charge in [-0.05, 0) is 51.7 Å². The summed E-state index contributed by atoms with van der Waals surface area (Å²) in [7, 11) is -4.24. The van der Waals surface area contributed by atoms with Crippen molar-refractivity contribution in [2.24, 2.45) is 0 Å². The average molecular weight is 286 g/mol. The minimum absolute atomic E-state index is 0.141. The van der Waals surface area contributed by atoms with E-state index in [-0.39, 0.29) is 5.30 Å². The first kappa shape index (κ1) is 13.3. The van der Waals surface area contributed by atoms with E-state index in [1.165, 1.54) is 0 Å². The van der Waals surface area contributed by atoms with Gasteiger partial charge in [-0.15, -0.1) is 0 Å². The quantitative estimate of drug-likeness (QED) is 0.561. The van der Waals surface area contributed by atoms with Crippen LogP contribution in [0, 0.1) is 0 Å². The molecular formula is C16H15O3P. The molecule has 3 aromatic rings. The average Bonchev–Trinajstić information content (AvgIpc) is 2.42. The fourth-order valence-corrected chi connectivity index (χ4v) is 3.61. The van der Waals surface area contributed by atoms with Crippen LogP contribution in [0.3, 0.4) is 0 Å². The number of fused-ring (bicyclic) bond motifs is 2. The highest BCUT2D eigenvalue weighted by atomic mass is 31.2. The largest absolute Gasteiger partial charge is 0.356 e. The molecule has 0 saturated heterocycles. The molecule has 0 unspecified atom stereocenters. The van der Waals surface area contributed by atoms with Gasteiger partial charge in [-0.1, -0.05) is 37.3 Å². The lowest BCUT2D eigenvalue weighted by molar-refractivity contribution is 0.387. The van der Waals surface area contributed by atoms with Gasteiger partial charge in [-0.2, -0.15) is 0 Å². The Kier molecular flexibility index (Phi) is 3.14. The molecular weight excluding hydrogens is 271 g/mol. The normalized spacial score (nSPS) is 12.2. The van der Waals surface area contributed by atoms with E-state index in [0.29, 0.717) is 6.42 Å². The molecule has 102 valence electrons. The third kappa shape index (κ3) is 2.14. The highest BCUT2D eigenvalue weighted by molar-refractivity contribution is 7.60. The molecule has 3 rings (SSSR count). The van der Waals surface area contributed by atoms with Gasteiger partial charge in [0.25, 0.3) is 0 Å². The Hall–Kier alpha value is -1.67.